The highest BCUT2D eigenvalue weighted by Crippen LogP contribution is 2.47. The van der Waals surface area contributed by atoms with Gasteiger partial charge in [-0.15, -0.1) is 0 Å². The van der Waals surface area contributed by atoms with E-state index in [0.717, 1.165) is 5.56 Å². The van der Waals surface area contributed by atoms with Crippen molar-refractivity contribution in [3.05, 3.63) is 47.7 Å². The molecule has 0 aliphatic carbocycles. The molecular weight excluding hydrogens is 411 g/mol. The number of benzene rings is 2. The van der Waals surface area contributed by atoms with Gasteiger partial charge in [0.05, 0.1) is 18.3 Å². The van der Waals surface area contributed by atoms with Crippen LogP contribution in [0.15, 0.2) is 36.5 Å². The highest BCUT2D eigenvalue weighted by molar-refractivity contribution is 5.91. The lowest BCUT2D eigenvalue weighted by atomic mass is 9.74. The lowest BCUT2D eigenvalue weighted by molar-refractivity contribution is -0.260. The fraction of sp³-hybridized carbons (Fsp3) is 0.409. The topological polar surface area (TPSA) is 79.4 Å². The molecule has 0 radical (unpaired) electrons. The van der Waals surface area contributed by atoms with Gasteiger partial charge in [-0.25, -0.2) is 0 Å². The second kappa shape index (κ2) is 7.33. The minimum atomic E-state index is -4.86. The Morgan fingerprint density at radius 1 is 1.19 bits per heavy atom. The molecule has 4 rings (SSSR count). The first-order valence-corrected chi connectivity index (χ1v) is 9.86. The quantitative estimate of drug-likeness (QED) is 0.524. The van der Waals surface area contributed by atoms with Crippen LogP contribution in [0.5, 0.6) is 11.5 Å². The molecule has 0 bridgehead atoms. The van der Waals surface area contributed by atoms with Gasteiger partial charge in [0, 0.05) is 16.6 Å². The summed E-state index contributed by atoms with van der Waals surface area (Å²) in [5, 5.41) is 21.1. The highest BCUT2D eigenvalue weighted by Gasteiger charge is 2.56. The van der Waals surface area contributed by atoms with E-state index in [1.54, 1.807) is 38.1 Å². The number of rotatable bonds is 6. The minimum absolute atomic E-state index is 0.0155. The van der Waals surface area contributed by atoms with Crippen LogP contribution in [0, 0.1) is 6.92 Å². The van der Waals surface area contributed by atoms with Crippen molar-refractivity contribution in [1.82, 2.24) is 10.2 Å². The van der Waals surface area contributed by atoms with Gasteiger partial charge in [-0.2, -0.15) is 18.3 Å². The summed E-state index contributed by atoms with van der Waals surface area (Å²) in [7, 11) is 0. The molecule has 0 saturated carbocycles. The average Bonchev–Trinajstić information content (AvgIpc) is 3.33. The number of H-pyrrole nitrogens is 1. The summed E-state index contributed by atoms with van der Waals surface area (Å²) in [6, 6.07) is 8.69. The predicted molar refractivity (Wildman–Crippen MR) is 111 cm³/mol. The number of nitrogens with zero attached hydrogens (tertiary/aromatic N) is 1. The SMILES string of the molecule is Cc1cc(NCC(O)(CC(C)(C)c2cccc3c2OCO3)C(F)(F)F)c2cn[nH]c2c1. The number of anilines is 1. The minimum Gasteiger partial charge on any atom is -0.454 e. The first kappa shape index (κ1) is 21.3. The van der Waals surface area contributed by atoms with E-state index in [1.807, 2.05) is 13.0 Å². The summed E-state index contributed by atoms with van der Waals surface area (Å²) in [6.45, 7) is 4.45. The number of para-hydroxylation sites is 1. The number of aryl methyl sites for hydroxylation is 1. The molecule has 1 aliphatic heterocycles. The molecule has 166 valence electrons. The van der Waals surface area contributed by atoms with Gasteiger partial charge < -0.3 is 19.9 Å². The average molecular weight is 435 g/mol. The van der Waals surface area contributed by atoms with Crippen LogP contribution in [0.25, 0.3) is 10.9 Å². The summed E-state index contributed by atoms with van der Waals surface area (Å²) >= 11 is 0. The first-order valence-electron chi connectivity index (χ1n) is 9.86. The maximum absolute atomic E-state index is 14.1. The third kappa shape index (κ3) is 3.89. The summed E-state index contributed by atoms with van der Waals surface area (Å²) in [6.07, 6.45) is -3.89. The lowest BCUT2D eigenvalue weighted by Gasteiger charge is -2.38. The molecule has 6 nitrogen and oxygen atoms in total. The Kier molecular flexibility index (Phi) is 5.04. The Morgan fingerprint density at radius 3 is 2.71 bits per heavy atom. The van der Waals surface area contributed by atoms with Gasteiger partial charge in [-0.3, -0.25) is 5.10 Å². The van der Waals surface area contributed by atoms with Gasteiger partial charge in [0.15, 0.2) is 17.1 Å². The fourth-order valence-electron chi connectivity index (χ4n) is 4.14. The molecule has 1 atom stereocenters. The molecule has 3 N–H and O–H groups in total. The number of aromatic nitrogens is 2. The number of ether oxygens (including phenoxy) is 2. The van der Waals surface area contributed by atoms with E-state index in [4.69, 9.17) is 9.47 Å². The zero-order valence-corrected chi connectivity index (χ0v) is 17.4. The van der Waals surface area contributed by atoms with Gasteiger partial charge in [-0.05, 0) is 42.5 Å². The molecular formula is C22H24F3N3O3. The maximum atomic E-state index is 14.1. The molecule has 1 aliphatic rings. The van der Waals surface area contributed by atoms with Crippen molar-refractivity contribution < 1.29 is 27.8 Å². The normalized spacial score (nSPS) is 15.8. The molecule has 0 fully saturated rings. The van der Waals surface area contributed by atoms with E-state index in [-0.39, 0.29) is 6.79 Å². The smallest absolute Gasteiger partial charge is 0.418 e. The Bertz CT molecular complexity index is 1110. The molecule has 31 heavy (non-hydrogen) atoms. The van der Waals surface area contributed by atoms with Crippen LogP contribution in [0.2, 0.25) is 0 Å². The third-order valence-corrected chi connectivity index (χ3v) is 5.66. The summed E-state index contributed by atoms with van der Waals surface area (Å²) in [5.74, 6) is 0.908. The first-order chi connectivity index (χ1) is 14.5. The van der Waals surface area contributed by atoms with Crippen LogP contribution in [0.4, 0.5) is 18.9 Å². The zero-order chi connectivity index (χ0) is 22.4. The summed E-state index contributed by atoms with van der Waals surface area (Å²) < 4.78 is 53.1. The van der Waals surface area contributed by atoms with Crippen LogP contribution < -0.4 is 14.8 Å². The molecule has 9 heteroatoms. The van der Waals surface area contributed by atoms with E-state index in [2.05, 4.69) is 15.5 Å². The Labute approximate surface area is 177 Å². The Balaban J connectivity index is 1.64. The van der Waals surface area contributed by atoms with E-state index in [0.29, 0.717) is 33.7 Å². The molecule has 1 aromatic heterocycles. The van der Waals surface area contributed by atoms with Crippen LogP contribution in [-0.2, 0) is 5.41 Å². The van der Waals surface area contributed by atoms with Crippen LogP contribution in [0.3, 0.4) is 0 Å². The van der Waals surface area contributed by atoms with Gasteiger partial charge >= 0.3 is 6.18 Å². The highest BCUT2D eigenvalue weighted by atomic mass is 19.4. The number of fused-ring (bicyclic) bond motifs is 2. The Morgan fingerprint density at radius 2 is 1.97 bits per heavy atom. The van der Waals surface area contributed by atoms with Crippen molar-refractivity contribution in [1.29, 1.82) is 0 Å². The van der Waals surface area contributed by atoms with Gasteiger partial charge in [0.1, 0.15) is 0 Å². The van der Waals surface area contributed by atoms with Crippen molar-refractivity contribution in [2.45, 2.75) is 44.4 Å². The van der Waals surface area contributed by atoms with Crippen molar-refractivity contribution in [2.75, 3.05) is 18.7 Å². The maximum Gasteiger partial charge on any atom is 0.418 e. The monoisotopic (exact) mass is 435 g/mol. The van der Waals surface area contributed by atoms with Crippen molar-refractivity contribution in [2.24, 2.45) is 0 Å². The number of aromatic amines is 1. The largest absolute Gasteiger partial charge is 0.454 e. The molecule has 2 heterocycles. The van der Waals surface area contributed by atoms with Crippen molar-refractivity contribution in [3.63, 3.8) is 0 Å². The van der Waals surface area contributed by atoms with E-state index < -0.39 is 30.2 Å². The van der Waals surface area contributed by atoms with Crippen LogP contribution >= 0.6 is 0 Å². The molecule has 0 spiro atoms. The van der Waals surface area contributed by atoms with Crippen molar-refractivity contribution >= 4 is 16.6 Å². The second-order valence-corrected chi connectivity index (χ2v) is 8.63. The predicted octanol–water partition coefficient (Wildman–Crippen LogP) is 4.67. The van der Waals surface area contributed by atoms with E-state index in [1.165, 1.54) is 6.20 Å². The summed E-state index contributed by atoms with van der Waals surface area (Å²) in [5.41, 5.74) is -1.46. The molecule has 2 aromatic carbocycles. The van der Waals surface area contributed by atoms with Crippen LogP contribution in [0.1, 0.15) is 31.4 Å². The van der Waals surface area contributed by atoms with Crippen LogP contribution in [-0.4, -0.2) is 40.4 Å². The van der Waals surface area contributed by atoms with Crippen molar-refractivity contribution in [3.8, 4) is 11.5 Å². The Hall–Kier alpha value is -2.94. The fourth-order valence-corrected chi connectivity index (χ4v) is 4.14. The summed E-state index contributed by atoms with van der Waals surface area (Å²) in [4.78, 5) is 0. The number of nitrogens with one attached hydrogen (secondary N) is 2. The van der Waals surface area contributed by atoms with Gasteiger partial charge in [-0.1, -0.05) is 26.0 Å². The third-order valence-electron chi connectivity index (χ3n) is 5.66. The zero-order valence-electron chi connectivity index (χ0n) is 17.4. The molecule has 0 saturated heterocycles. The molecule has 3 aromatic rings. The van der Waals surface area contributed by atoms with E-state index >= 15 is 0 Å². The number of alkyl halides is 3. The second-order valence-electron chi connectivity index (χ2n) is 8.63. The van der Waals surface area contributed by atoms with E-state index in [9.17, 15) is 18.3 Å². The lowest BCUT2D eigenvalue weighted by Crippen LogP contribution is -2.53. The standard InChI is InChI=1S/C22H24F3N3O3/c1-13-7-16(14-9-27-28-17(14)8-13)26-11-21(29,22(23,24)25)10-20(2,3)15-5-4-6-18-19(15)31-12-30-18/h4-9,26,29H,10-12H2,1-3H3,(H,27,28). The molecule has 0 amide bonds. The number of hydrogen-bond acceptors (Lipinski definition) is 5. The number of aliphatic hydroxyl groups is 1. The van der Waals surface area contributed by atoms with Gasteiger partial charge in [0.2, 0.25) is 6.79 Å². The number of hydrogen-bond donors (Lipinski definition) is 3. The molecule has 1 unspecified atom stereocenters. The number of halogens is 3. The van der Waals surface area contributed by atoms with Gasteiger partial charge in [0.25, 0.3) is 0 Å².